The van der Waals surface area contributed by atoms with Crippen LogP contribution >= 0.6 is 0 Å². The first-order valence-corrected chi connectivity index (χ1v) is 13.7. The fourth-order valence-electron chi connectivity index (χ4n) is 6.90. The second kappa shape index (κ2) is 10.5. The molecule has 40 heavy (non-hydrogen) atoms. The predicted molar refractivity (Wildman–Crippen MR) is 153 cm³/mol. The zero-order valence-corrected chi connectivity index (χ0v) is 23.3. The van der Waals surface area contributed by atoms with Crippen LogP contribution in [0, 0.1) is 23.5 Å². The monoisotopic (exact) mass is 543 g/mol. The van der Waals surface area contributed by atoms with Gasteiger partial charge in [0.25, 0.3) is 0 Å². The summed E-state index contributed by atoms with van der Waals surface area (Å²) in [6.07, 6.45) is 11.5. The first kappa shape index (κ1) is 27.6. The lowest BCUT2D eigenvalue weighted by Crippen LogP contribution is -2.48. The minimum atomic E-state index is -0.774. The fourth-order valence-corrected chi connectivity index (χ4v) is 6.90. The summed E-state index contributed by atoms with van der Waals surface area (Å²) in [7, 11) is 1.97. The second-order valence-corrected chi connectivity index (χ2v) is 10.8. The molecule has 3 aliphatic rings. The summed E-state index contributed by atoms with van der Waals surface area (Å²) in [6.45, 7) is 9.96. The number of carbonyl (C=O) groups excluding carboxylic acids is 1. The Labute approximate surface area is 234 Å². The number of nitrogens with one attached hydrogen (secondary N) is 1. The Morgan fingerprint density at radius 3 is 2.50 bits per heavy atom. The fraction of sp³-hybridized carbons (Fsp3) is 0.333. The summed E-state index contributed by atoms with van der Waals surface area (Å²) < 4.78 is 34.8. The molecule has 2 aromatic rings. The van der Waals surface area contributed by atoms with Crippen LogP contribution in [0.3, 0.4) is 0 Å². The molecule has 1 saturated carbocycles. The van der Waals surface area contributed by atoms with Crippen LogP contribution in [0.5, 0.6) is 0 Å². The highest BCUT2D eigenvalue weighted by molar-refractivity contribution is 6.08. The zero-order valence-electron chi connectivity index (χ0n) is 23.3. The van der Waals surface area contributed by atoms with E-state index in [-0.39, 0.29) is 23.5 Å². The Morgan fingerprint density at radius 2 is 1.82 bits per heavy atom. The number of cyclic esters (lactones) is 1. The van der Waals surface area contributed by atoms with Gasteiger partial charge < -0.3 is 15.0 Å². The second-order valence-electron chi connectivity index (χ2n) is 10.8. The van der Waals surface area contributed by atoms with Crippen molar-refractivity contribution in [3.8, 4) is 0 Å². The third-order valence-electron chi connectivity index (χ3n) is 8.98. The van der Waals surface area contributed by atoms with Crippen LogP contribution in [0.1, 0.15) is 50.3 Å². The Bertz CT molecular complexity index is 1440. The number of rotatable bonds is 8. The van der Waals surface area contributed by atoms with Gasteiger partial charge in [0.1, 0.15) is 22.9 Å². The van der Waals surface area contributed by atoms with Crippen LogP contribution in [0.15, 0.2) is 96.4 Å². The van der Waals surface area contributed by atoms with Crippen LogP contribution in [0.2, 0.25) is 0 Å². The summed E-state index contributed by atoms with van der Waals surface area (Å²) in [6, 6.07) is 11.3. The molecule has 0 spiro atoms. The van der Waals surface area contributed by atoms with Crippen molar-refractivity contribution in [2.45, 2.75) is 50.8 Å². The summed E-state index contributed by atoms with van der Waals surface area (Å²) >= 11 is 0. The number of carbonyl (C=O) groups is 1. The molecule has 2 aliphatic heterocycles. The largest absolute Gasteiger partial charge is 0.437 e. The molecule has 0 radical (unpaired) electrons. The first-order valence-electron chi connectivity index (χ1n) is 13.7. The molecule has 0 aromatic heterocycles. The molecule has 0 bridgehead atoms. The standard InChI is InChI=1S/C33H35F2N3O2/c1-6-9-10-11-27-31(39)40-30(37-27)28-24(7-2)33(28,8-3)26-20-23(35)16-17-25(26)32(4)29(36-18-19-38(32)5)21-12-14-22(34)15-13-21/h6,9-20,24,28,30,37H,1,7-8H2,2-5H3/b10-9-,27-11-/t24?,28-,30-,32?,33?/m1/s1. The summed E-state index contributed by atoms with van der Waals surface area (Å²) in [5.41, 5.74) is 2.51. The van der Waals surface area contributed by atoms with Crippen molar-refractivity contribution in [1.29, 1.82) is 0 Å². The minimum absolute atomic E-state index is 0.0551. The van der Waals surface area contributed by atoms with Crippen molar-refractivity contribution in [3.05, 3.63) is 120 Å². The van der Waals surface area contributed by atoms with Gasteiger partial charge in [-0.05, 0) is 66.3 Å². The van der Waals surface area contributed by atoms with Crippen LogP contribution in [0.25, 0.3) is 0 Å². The van der Waals surface area contributed by atoms with Gasteiger partial charge in [-0.25, -0.2) is 13.6 Å². The van der Waals surface area contributed by atoms with Crippen molar-refractivity contribution >= 4 is 11.7 Å². The molecule has 5 nitrogen and oxygen atoms in total. The van der Waals surface area contributed by atoms with Gasteiger partial charge in [0.05, 0.1) is 5.71 Å². The molecule has 208 valence electrons. The lowest BCUT2D eigenvalue weighted by Gasteiger charge is -2.44. The van der Waals surface area contributed by atoms with E-state index in [9.17, 15) is 9.18 Å². The van der Waals surface area contributed by atoms with Crippen LogP contribution in [-0.2, 0) is 20.5 Å². The van der Waals surface area contributed by atoms with Gasteiger partial charge in [0, 0.05) is 30.8 Å². The van der Waals surface area contributed by atoms with Gasteiger partial charge in [-0.2, -0.15) is 0 Å². The number of allylic oxidation sites excluding steroid dienone is 4. The number of esters is 1. The average molecular weight is 544 g/mol. The van der Waals surface area contributed by atoms with E-state index >= 15 is 4.39 Å². The molecule has 1 N–H and O–H groups in total. The summed E-state index contributed by atoms with van der Waals surface area (Å²) in [5, 5.41) is 3.29. The average Bonchev–Trinajstić information content (AvgIpc) is 3.49. The highest BCUT2D eigenvalue weighted by Gasteiger charge is 2.69. The maximum atomic E-state index is 15.1. The van der Waals surface area contributed by atoms with Crippen LogP contribution < -0.4 is 5.32 Å². The van der Waals surface area contributed by atoms with Crippen molar-refractivity contribution in [2.75, 3.05) is 7.05 Å². The van der Waals surface area contributed by atoms with Gasteiger partial charge in [-0.3, -0.25) is 4.99 Å². The molecule has 2 aromatic carbocycles. The molecule has 2 heterocycles. The van der Waals surface area contributed by atoms with E-state index in [4.69, 9.17) is 9.73 Å². The van der Waals surface area contributed by atoms with Gasteiger partial charge in [-0.1, -0.05) is 63.3 Å². The number of halogens is 2. The van der Waals surface area contributed by atoms with Crippen molar-refractivity contribution in [3.63, 3.8) is 0 Å². The molecular weight excluding hydrogens is 508 g/mol. The van der Waals surface area contributed by atoms with E-state index in [0.717, 1.165) is 35.2 Å². The highest BCUT2D eigenvalue weighted by atomic mass is 19.1. The molecule has 0 amide bonds. The Morgan fingerprint density at radius 1 is 1.10 bits per heavy atom. The topological polar surface area (TPSA) is 53.9 Å². The van der Waals surface area contributed by atoms with E-state index in [2.05, 4.69) is 37.6 Å². The molecule has 5 rings (SSSR count). The number of nitrogens with zero attached hydrogens (tertiary/aromatic N) is 2. The number of benzene rings is 2. The number of ether oxygens (including phenoxy) is 1. The lowest BCUT2D eigenvalue weighted by atomic mass is 9.74. The molecule has 3 unspecified atom stereocenters. The predicted octanol–water partition coefficient (Wildman–Crippen LogP) is 6.49. The quantitative estimate of drug-likeness (QED) is 0.235. The number of hydrogen-bond donors (Lipinski definition) is 1. The van der Waals surface area contributed by atoms with Crippen LogP contribution in [0.4, 0.5) is 8.78 Å². The summed E-state index contributed by atoms with van der Waals surface area (Å²) in [5.74, 6) is -0.945. The Balaban J connectivity index is 1.62. The smallest absolute Gasteiger partial charge is 0.356 e. The van der Waals surface area contributed by atoms with Gasteiger partial charge in [0.15, 0.2) is 6.23 Å². The third-order valence-corrected chi connectivity index (χ3v) is 8.98. The first-order chi connectivity index (χ1) is 19.2. The number of hydrogen-bond acceptors (Lipinski definition) is 5. The maximum Gasteiger partial charge on any atom is 0.356 e. The van der Waals surface area contributed by atoms with E-state index in [1.54, 1.807) is 48.7 Å². The number of likely N-dealkylation sites (N-methyl/N-ethyl adjacent to an activating group) is 1. The lowest BCUT2D eigenvalue weighted by molar-refractivity contribution is -0.140. The van der Waals surface area contributed by atoms with Crippen molar-refractivity contribution < 1.29 is 18.3 Å². The van der Waals surface area contributed by atoms with E-state index in [1.165, 1.54) is 18.2 Å². The molecule has 1 aliphatic carbocycles. The van der Waals surface area contributed by atoms with E-state index in [1.807, 2.05) is 19.3 Å². The van der Waals surface area contributed by atoms with Crippen molar-refractivity contribution in [2.24, 2.45) is 16.8 Å². The molecular formula is C33H35F2N3O2. The third kappa shape index (κ3) is 4.28. The summed E-state index contributed by atoms with van der Waals surface area (Å²) in [4.78, 5) is 19.5. The maximum absolute atomic E-state index is 15.1. The molecule has 7 heteroatoms. The molecule has 5 atom stereocenters. The Hall–Kier alpha value is -4.00. The molecule has 1 saturated heterocycles. The SMILES string of the molecule is C=C/C=C\C=C1/N[C@@H]([C@H]2C(CC)C2(CC)c2cc(F)ccc2C2(C)C(c3ccc(F)cc3)=NC=CN2C)OC1=O. The minimum Gasteiger partial charge on any atom is -0.437 e. The van der Waals surface area contributed by atoms with Crippen LogP contribution in [-0.4, -0.2) is 29.9 Å². The van der Waals surface area contributed by atoms with Gasteiger partial charge in [0.2, 0.25) is 0 Å². The molecule has 2 fully saturated rings. The normalized spacial score (nSPS) is 30.4. The van der Waals surface area contributed by atoms with Crippen molar-refractivity contribution in [1.82, 2.24) is 10.2 Å². The number of aliphatic imine (C=N–C) groups is 1. The Kier molecular flexibility index (Phi) is 7.25. The van der Waals surface area contributed by atoms with E-state index in [0.29, 0.717) is 5.70 Å². The van der Waals surface area contributed by atoms with E-state index < -0.39 is 23.2 Å². The van der Waals surface area contributed by atoms with Gasteiger partial charge in [-0.15, -0.1) is 0 Å². The van der Waals surface area contributed by atoms with Gasteiger partial charge >= 0.3 is 5.97 Å². The highest BCUT2D eigenvalue weighted by Crippen LogP contribution is 2.67. The zero-order chi connectivity index (χ0) is 28.7.